The topological polar surface area (TPSA) is 84.3 Å². The number of methoxy groups -OCH3 is 2. The number of nitrogens with one attached hydrogen (secondary N) is 2. The van der Waals surface area contributed by atoms with E-state index >= 15 is 0 Å². The van der Waals surface area contributed by atoms with Crippen molar-refractivity contribution in [3.63, 3.8) is 0 Å². The molecule has 30 heavy (non-hydrogen) atoms. The monoisotopic (exact) mass is 402 g/mol. The lowest BCUT2D eigenvalue weighted by atomic mass is 10.2. The van der Waals surface area contributed by atoms with E-state index in [1.54, 1.807) is 50.9 Å². The van der Waals surface area contributed by atoms with Crippen LogP contribution in [-0.2, 0) is 0 Å². The predicted octanol–water partition coefficient (Wildman–Crippen LogP) is 3.91. The number of carbonyl (C=O) groups is 1. The summed E-state index contributed by atoms with van der Waals surface area (Å²) in [6.07, 6.45) is 3.27. The lowest BCUT2D eigenvalue weighted by molar-refractivity contribution is 0.0955. The largest absolute Gasteiger partial charge is 0.497 e. The van der Waals surface area contributed by atoms with Crippen molar-refractivity contribution in [2.75, 3.05) is 19.6 Å². The number of ether oxygens (including phenoxy) is 2. The van der Waals surface area contributed by atoms with Crippen LogP contribution >= 0.6 is 0 Å². The zero-order chi connectivity index (χ0) is 21.2. The number of hydrazone groups is 2. The van der Waals surface area contributed by atoms with Gasteiger partial charge in [-0.2, -0.15) is 10.2 Å². The van der Waals surface area contributed by atoms with E-state index in [0.29, 0.717) is 5.56 Å². The van der Waals surface area contributed by atoms with Gasteiger partial charge in [0.15, 0.2) is 0 Å². The molecular formula is C23H22N4O3. The zero-order valence-electron chi connectivity index (χ0n) is 16.7. The number of amides is 1. The summed E-state index contributed by atoms with van der Waals surface area (Å²) in [6, 6.07) is 21.8. The first kappa shape index (κ1) is 20.6. The van der Waals surface area contributed by atoms with Crippen LogP contribution in [0.1, 0.15) is 21.5 Å². The van der Waals surface area contributed by atoms with E-state index in [-0.39, 0.29) is 5.91 Å². The second kappa shape index (κ2) is 10.4. The molecule has 152 valence electrons. The van der Waals surface area contributed by atoms with Gasteiger partial charge in [0.25, 0.3) is 5.91 Å². The molecule has 0 atom stereocenters. The molecule has 3 rings (SSSR count). The van der Waals surface area contributed by atoms with Gasteiger partial charge in [-0.1, -0.05) is 0 Å². The van der Waals surface area contributed by atoms with Crippen molar-refractivity contribution in [2.24, 2.45) is 10.2 Å². The maximum atomic E-state index is 12.2. The third-order valence-electron chi connectivity index (χ3n) is 4.17. The Morgan fingerprint density at radius 2 is 1.23 bits per heavy atom. The Labute approximate surface area is 175 Å². The van der Waals surface area contributed by atoms with E-state index < -0.39 is 0 Å². The number of rotatable bonds is 8. The summed E-state index contributed by atoms with van der Waals surface area (Å²) in [5.41, 5.74) is 8.48. The quantitative estimate of drug-likeness (QED) is 0.442. The molecule has 0 aromatic heterocycles. The van der Waals surface area contributed by atoms with E-state index in [9.17, 15) is 4.79 Å². The average Bonchev–Trinajstić information content (AvgIpc) is 2.80. The second-order valence-corrected chi connectivity index (χ2v) is 6.19. The van der Waals surface area contributed by atoms with Gasteiger partial charge in [0.1, 0.15) is 11.5 Å². The van der Waals surface area contributed by atoms with Crippen LogP contribution in [0.15, 0.2) is 83.0 Å². The normalized spacial score (nSPS) is 10.9. The van der Waals surface area contributed by atoms with Gasteiger partial charge in [-0.25, -0.2) is 5.43 Å². The van der Waals surface area contributed by atoms with Gasteiger partial charge in [-0.05, 0) is 83.9 Å². The highest BCUT2D eigenvalue weighted by Crippen LogP contribution is 2.12. The molecule has 0 aliphatic heterocycles. The molecule has 0 radical (unpaired) electrons. The molecule has 0 heterocycles. The molecule has 7 nitrogen and oxygen atoms in total. The summed E-state index contributed by atoms with van der Waals surface area (Å²) in [5, 5.41) is 8.17. The molecule has 0 saturated heterocycles. The summed E-state index contributed by atoms with van der Waals surface area (Å²) >= 11 is 0. The van der Waals surface area contributed by atoms with Crippen molar-refractivity contribution in [3.05, 3.63) is 89.5 Å². The molecule has 0 aliphatic carbocycles. The molecule has 0 spiro atoms. The standard InChI is InChI=1S/C23H22N4O3/c1-29-21-11-3-17(4-12-21)15-24-26-20-9-7-19(8-10-20)23(28)27-25-16-18-5-13-22(30-2)14-6-18/h3-16,26H,1-2H3,(H,27,28). The molecule has 3 aromatic carbocycles. The fourth-order valence-electron chi connectivity index (χ4n) is 2.49. The van der Waals surface area contributed by atoms with Crippen molar-refractivity contribution >= 4 is 24.0 Å². The Bertz CT molecular complexity index is 1010. The first-order chi connectivity index (χ1) is 14.7. The zero-order valence-corrected chi connectivity index (χ0v) is 16.7. The summed E-state index contributed by atoms with van der Waals surface area (Å²) in [6.45, 7) is 0. The van der Waals surface area contributed by atoms with E-state index in [1.807, 2.05) is 48.5 Å². The summed E-state index contributed by atoms with van der Waals surface area (Å²) in [5.74, 6) is 1.26. The Kier molecular flexibility index (Phi) is 7.16. The Morgan fingerprint density at radius 3 is 1.73 bits per heavy atom. The van der Waals surface area contributed by atoms with Gasteiger partial charge >= 0.3 is 0 Å². The van der Waals surface area contributed by atoms with Gasteiger partial charge in [-0.3, -0.25) is 10.2 Å². The highest BCUT2D eigenvalue weighted by molar-refractivity contribution is 5.95. The van der Waals surface area contributed by atoms with Crippen LogP contribution in [0.4, 0.5) is 5.69 Å². The molecule has 3 aromatic rings. The molecule has 1 amide bonds. The van der Waals surface area contributed by atoms with Crippen LogP contribution in [0.25, 0.3) is 0 Å². The fraction of sp³-hybridized carbons (Fsp3) is 0.0870. The first-order valence-electron chi connectivity index (χ1n) is 9.18. The SMILES string of the molecule is COc1ccc(C=NNC(=O)c2ccc(NN=Cc3ccc(OC)cc3)cc2)cc1. The minimum Gasteiger partial charge on any atom is -0.497 e. The van der Waals surface area contributed by atoms with Crippen LogP contribution in [-0.4, -0.2) is 32.6 Å². The Balaban J connectivity index is 1.50. The van der Waals surface area contributed by atoms with Crippen molar-refractivity contribution < 1.29 is 14.3 Å². The van der Waals surface area contributed by atoms with Crippen molar-refractivity contribution in [3.8, 4) is 11.5 Å². The maximum Gasteiger partial charge on any atom is 0.271 e. The van der Waals surface area contributed by atoms with Crippen molar-refractivity contribution in [1.29, 1.82) is 0 Å². The molecule has 2 N–H and O–H groups in total. The number of benzene rings is 3. The van der Waals surface area contributed by atoms with E-state index in [2.05, 4.69) is 21.1 Å². The third-order valence-corrected chi connectivity index (χ3v) is 4.17. The highest BCUT2D eigenvalue weighted by atomic mass is 16.5. The second-order valence-electron chi connectivity index (χ2n) is 6.19. The van der Waals surface area contributed by atoms with Gasteiger partial charge < -0.3 is 9.47 Å². The number of anilines is 1. The Morgan fingerprint density at radius 1 is 0.733 bits per heavy atom. The minimum atomic E-state index is -0.298. The molecule has 7 heteroatoms. The lowest BCUT2D eigenvalue weighted by Gasteiger charge is -2.03. The van der Waals surface area contributed by atoms with Crippen LogP contribution in [0, 0.1) is 0 Å². The summed E-state index contributed by atoms with van der Waals surface area (Å²) in [7, 11) is 3.24. The van der Waals surface area contributed by atoms with E-state index in [1.165, 1.54) is 0 Å². The van der Waals surface area contributed by atoms with E-state index in [0.717, 1.165) is 28.3 Å². The van der Waals surface area contributed by atoms with Crippen LogP contribution < -0.4 is 20.3 Å². The minimum absolute atomic E-state index is 0.298. The molecule has 0 unspecified atom stereocenters. The maximum absolute atomic E-state index is 12.2. The predicted molar refractivity (Wildman–Crippen MR) is 119 cm³/mol. The number of nitrogens with zero attached hydrogens (tertiary/aromatic N) is 2. The van der Waals surface area contributed by atoms with Gasteiger partial charge in [-0.15, -0.1) is 0 Å². The lowest BCUT2D eigenvalue weighted by Crippen LogP contribution is -2.17. The summed E-state index contributed by atoms with van der Waals surface area (Å²) in [4.78, 5) is 12.2. The molecular weight excluding hydrogens is 380 g/mol. The highest BCUT2D eigenvalue weighted by Gasteiger charge is 2.03. The fourth-order valence-corrected chi connectivity index (χ4v) is 2.49. The molecule has 0 saturated carbocycles. The van der Waals surface area contributed by atoms with Gasteiger partial charge in [0.05, 0.1) is 32.3 Å². The smallest absolute Gasteiger partial charge is 0.271 e. The number of hydrogen-bond donors (Lipinski definition) is 2. The van der Waals surface area contributed by atoms with E-state index in [4.69, 9.17) is 9.47 Å². The molecule has 0 fully saturated rings. The first-order valence-corrected chi connectivity index (χ1v) is 9.18. The molecule has 0 bridgehead atoms. The number of hydrogen-bond acceptors (Lipinski definition) is 6. The third kappa shape index (κ3) is 5.93. The van der Waals surface area contributed by atoms with Crippen molar-refractivity contribution in [2.45, 2.75) is 0 Å². The van der Waals surface area contributed by atoms with Crippen molar-refractivity contribution in [1.82, 2.24) is 5.43 Å². The van der Waals surface area contributed by atoms with Crippen LogP contribution in [0.3, 0.4) is 0 Å². The average molecular weight is 402 g/mol. The van der Waals surface area contributed by atoms with Crippen LogP contribution in [0.2, 0.25) is 0 Å². The van der Waals surface area contributed by atoms with Crippen LogP contribution in [0.5, 0.6) is 11.5 Å². The molecule has 0 aliphatic rings. The Hall–Kier alpha value is -4.13. The van der Waals surface area contributed by atoms with Gasteiger partial charge in [0, 0.05) is 5.56 Å². The van der Waals surface area contributed by atoms with Gasteiger partial charge in [0.2, 0.25) is 0 Å². The summed E-state index contributed by atoms with van der Waals surface area (Å²) < 4.78 is 10.2. The number of carbonyl (C=O) groups excluding carboxylic acids is 1.